The van der Waals surface area contributed by atoms with Crippen LogP contribution in [0.1, 0.15) is 37.7 Å². The number of Topliss-reactive ketones (excluding diaryl/α,β-unsaturated/α-hetero) is 1. The topological polar surface area (TPSA) is 59.2 Å². The number of hydrogen-bond acceptors (Lipinski definition) is 4. The lowest BCUT2D eigenvalue weighted by Gasteiger charge is -2.02. The van der Waals surface area contributed by atoms with Gasteiger partial charge in [0, 0.05) is 11.4 Å². The summed E-state index contributed by atoms with van der Waals surface area (Å²) >= 11 is 1.56. The van der Waals surface area contributed by atoms with Crippen LogP contribution in [0.2, 0.25) is 0 Å². The van der Waals surface area contributed by atoms with Gasteiger partial charge in [-0.15, -0.1) is 11.8 Å². The lowest BCUT2D eigenvalue weighted by atomic mass is 10.1. The van der Waals surface area contributed by atoms with Gasteiger partial charge in [-0.05, 0) is 25.0 Å². The Morgan fingerprint density at radius 3 is 2.50 bits per heavy atom. The summed E-state index contributed by atoms with van der Waals surface area (Å²) in [5.41, 5.74) is 3.47. The molecule has 0 radical (unpaired) electrons. The van der Waals surface area contributed by atoms with Crippen LogP contribution in [-0.2, 0) is 10.5 Å². The molecule has 0 atom stereocenters. The number of ketones is 1. The van der Waals surface area contributed by atoms with E-state index in [-0.39, 0.29) is 5.78 Å². The average molecular weight is 317 g/mol. The van der Waals surface area contributed by atoms with E-state index in [1.54, 1.807) is 25.6 Å². The van der Waals surface area contributed by atoms with Gasteiger partial charge in [-0.1, -0.05) is 30.3 Å². The van der Waals surface area contributed by atoms with Gasteiger partial charge in [-0.2, -0.15) is 0 Å². The Hall–Kier alpha value is -2.01. The molecular weight excluding hydrogens is 298 g/mol. The van der Waals surface area contributed by atoms with Crippen LogP contribution in [-0.4, -0.2) is 29.6 Å². The van der Waals surface area contributed by atoms with Crippen molar-refractivity contribution in [2.24, 2.45) is 0 Å². The van der Waals surface area contributed by atoms with Gasteiger partial charge < -0.3 is 9.72 Å². The molecule has 0 saturated carbocycles. The number of rotatable bonds is 6. The van der Waals surface area contributed by atoms with Gasteiger partial charge in [-0.3, -0.25) is 4.79 Å². The van der Waals surface area contributed by atoms with Crippen molar-refractivity contribution >= 4 is 23.5 Å². The van der Waals surface area contributed by atoms with Crippen LogP contribution in [0.15, 0.2) is 30.3 Å². The smallest absolute Gasteiger partial charge is 0.339 e. The zero-order valence-corrected chi connectivity index (χ0v) is 13.8. The molecule has 0 aliphatic carbocycles. The van der Waals surface area contributed by atoms with Crippen molar-refractivity contribution in [2.75, 3.05) is 12.9 Å². The molecule has 0 bridgehead atoms. The molecule has 1 heterocycles. The molecule has 2 rings (SSSR count). The van der Waals surface area contributed by atoms with E-state index in [0.29, 0.717) is 28.3 Å². The lowest BCUT2D eigenvalue weighted by Crippen LogP contribution is -2.07. The number of hydrogen-bond donors (Lipinski definition) is 1. The zero-order chi connectivity index (χ0) is 16.1. The fraction of sp³-hybridized carbons (Fsp3) is 0.294. The summed E-state index contributed by atoms with van der Waals surface area (Å²) in [6.45, 7) is 3.54. The van der Waals surface area contributed by atoms with Crippen LogP contribution in [0.3, 0.4) is 0 Å². The Bertz CT molecular complexity index is 677. The van der Waals surface area contributed by atoms with Gasteiger partial charge in [-0.25, -0.2) is 4.79 Å². The predicted molar refractivity (Wildman–Crippen MR) is 88.5 cm³/mol. The minimum absolute atomic E-state index is 0.00307. The number of carbonyl (C=O) groups is 2. The molecule has 4 nitrogen and oxygen atoms in total. The van der Waals surface area contributed by atoms with Gasteiger partial charge >= 0.3 is 5.97 Å². The van der Waals surface area contributed by atoms with Crippen molar-refractivity contribution in [3.05, 3.63) is 58.4 Å². The second-order valence-corrected chi connectivity index (χ2v) is 6.00. The van der Waals surface area contributed by atoms with Crippen molar-refractivity contribution in [3.8, 4) is 0 Å². The maximum atomic E-state index is 12.3. The Balaban J connectivity index is 2.03. The number of aromatic nitrogens is 1. The van der Waals surface area contributed by atoms with Crippen molar-refractivity contribution in [1.82, 2.24) is 4.98 Å². The number of H-pyrrole nitrogens is 1. The number of thioether (sulfide) groups is 1. The predicted octanol–water partition coefficient (Wildman–Crippen LogP) is 3.53. The van der Waals surface area contributed by atoms with E-state index in [4.69, 9.17) is 4.74 Å². The second-order valence-electron chi connectivity index (χ2n) is 5.02. The first-order valence-corrected chi connectivity index (χ1v) is 8.12. The van der Waals surface area contributed by atoms with Gasteiger partial charge in [0.15, 0.2) is 5.78 Å². The third-order valence-corrected chi connectivity index (χ3v) is 4.45. The lowest BCUT2D eigenvalue weighted by molar-refractivity contribution is 0.0599. The number of aromatic amines is 1. The fourth-order valence-corrected chi connectivity index (χ4v) is 3.21. The molecular formula is C17H19NO3S. The fourth-order valence-electron chi connectivity index (χ4n) is 2.35. The van der Waals surface area contributed by atoms with Crippen molar-refractivity contribution in [2.45, 2.75) is 19.6 Å². The molecule has 0 spiro atoms. The number of esters is 1. The van der Waals surface area contributed by atoms with Crippen molar-refractivity contribution in [1.29, 1.82) is 0 Å². The van der Waals surface area contributed by atoms with Gasteiger partial charge in [0.2, 0.25) is 0 Å². The summed E-state index contributed by atoms with van der Waals surface area (Å²) < 4.78 is 4.75. The van der Waals surface area contributed by atoms with Crippen LogP contribution in [0, 0.1) is 13.8 Å². The molecule has 0 saturated heterocycles. The van der Waals surface area contributed by atoms with Crippen molar-refractivity contribution < 1.29 is 14.3 Å². The van der Waals surface area contributed by atoms with E-state index in [0.717, 1.165) is 5.75 Å². The summed E-state index contributed by atoms with van der Waals surface area (Å²) in [6, 6.07) is 10.0. The number of nitrogens with one attached hydrogen (secondary N) is 1. The van der Waals surface area contributed by atoms with Gasteiger partial charge in [0.1, 0.15) is 0 Å². The largest absolute Gasteiger partial charge is 0.465 e. The summed E-state index contributed by atoms with van der Waals surface area (Å²) in [5, 5.41) is 0. The molecule has 5 heteroatoms. The van der Waals surface area contributed by atoms with Crippen LogP contribution >= 0.6 is 11.8 Å². The Kier molecular flexibility index (Phi) is 5.44. The quantitative estimate of drug-likeness (QED) is 0.654. The summed E-state index contributed by atoms with van der Waals surface area (Å²) in [6.07, 6.45) is 0. The highest BCUT2D eigenvalue weighted by Gasteiger charge is 2.22. The molecule has 2 aromatic rings. The molecule has 0 unspecified atom stereocenters. The van der Waals surface area contributed by atoms with Crippen LogP contribution in [0.4, 0.5) is 0 Å². The molecule has 1 N–H and O–H groups in total. The maximum absolute atomic E-state index is 12.3. The highest BCUT2D eigenvalue weighted by atomic mass is 32.2. The third kappa shape index (κ3) is 3.60. The molecule has 0 amide bonds. The Labute approximate surface area is 134 Å². The van der Waals surface area contributed by atoms with Gasteiger partial charge in [0.05, 0.1) is 24.1 Å². The van der Waals surface area contributed by atoms with E-state index in [1.165, 1.54) is 12.7 Å². The van der Waals surface area contributed by atoms with Crippen LogP contribution < -0.4 is 0 Å². The summed E-state index contributed by atoms with van der Waals surface area (Å²) in [7, 11) is 1.34. The molecule has 0 aliphatic heterocycles. The first kappa shape index (κ1) is 16.4. The highest BCUT2D eigenvalue weighted by molar-refractivity contribution is 7.99. The SMILES string of the molecule is COC(=O)c1c(C)[nH]c(C(=O)CSCc2ccccc2)c1C. The Morgan fingerprint density at radius 2 is 1.86 bits per heavy atom. The molecule has 22 heavy (non-hydrogen) atoms. The number of benzene rings is 1. The van der Waals surface area contributed by atoms with E-state index in [1.807, 2.05) is 30.3 Å². The average Bonchev–Trinajstić information content (AvgIpc) is 2.82. The number of carbonyl (C=O) groups excluding carboxylic acids is 2. The Morgan fingerprint density at radius 1 is 1.18 bits per heavy atom. The number of ether oxygens (including phenoxy) is 1. The molecule has 116 valence electrons. The summed E-state index contributed by atoms with van der Waals surface area (Å²) in [4.78, 5) is 27.1. The van der Waals surface area contributed by atoms with Crippen molar-refractivity contribution in [3.63, 3.8) is 0 Å². The van der Waals surface area contributed by atoms with Crippen LogP contribution in [0.5, 0.6) is 0 Å². The third-order valence-electron chi connectivity index (χ3n) is 3.45. The molecule has 1 aromatic carbocycles. The highest BCUT2D eigenvalue weighted by Crippen LogP contribution is 2.21. The maximum Gasteiger partial charge on any atom is 0.339 e. The molecule has 0 fully saturated rings. The van der Waals surface area contributed by atoms with E-state index in [9.17, 15) is 9.59 Å². The second kappa shape index (κ2) is 7.31. The zero-order valence-electron chi connectivity index (χ0n) is 12.9. The first-order valence-electron chi connectivity index (χ1n) is 6.97. The molecule has 1 aromatic heterocycles. The summed E-state index contributed by atoms with van der Waals surface area (Å²) in [5.74, 6) is 0.741. The minimum Gasteiger partial charge on any atom is -0.465 e. The van der Waals surface area contributed by atoms with Crippen LogP contribution in [0.25, 0.3) is 0 Å². The number of aryl methyl sites for hydroxylation is 1. The monoisotopic (exact) mass is 317 g/mol. The van der Waals surface area contributed by atoms with Gasteiger partial charge in [0.25, 0.3) is 0 Å². The van der Waals surface area contributed by atoms with E-state index >= 15 is 0 Å². The normalized spacial score (nSPS) is 10.5. The van der Waals surface area contributed by atoms with E-state index in [2.05, 4.69) is 4.98 Å². The minimum atomic E-state index is -0.415. The van der Waals surface area contributed by atoms with E-state index < -0.39 is 5.97 Å². The first-order chi connectivity index (χ1) is 10.5. The number of methoxy groups -OCH3 is 1. The molecule has 0 aliphatic rings. The standard InChI is InChI=1S/C17H19NO3S/c1-11-15(17(20)21-3)12(2)18-16(11)14(19)10-22-9-13-7-5-4-6-8-13/h4-8,18H,9-10H2,1-3H3.